The lowest BCUT2D eigenvalue weighted by Gasteiger charge is -2.18. The third-order valence-corrected chi connectivity index (χ3v) is 3.05. The fourth-order valence-electron chi connectivity index (χ4n) is 1.48. The Morgan fingerprint density at radius 1 is 1.15 bits per heavy atom. The first kappa shape index (κ1) is 15.7. The third kappa shape index (κ3) is 4.08. The largest absolute Gasteiger partial charge is 0.481 e. The van der Waals surface area contributed by atoms with Gasteiger partial charge in [-0.2, -0.15) is 0 Å². The molecular weight excluding hydrogens is 260 g/mol. The molecule has 1 rings (SSSR count). The molecule has 0 bridgehead atoms. The van der Waals surface area contributed by atoms with Gasteiger partial charge < -0.3 is 16.2 Å². The van der Waals surface area contributed by atoms with Crippen LogP contribution in [0.4, 0.5) is 0 Å². The Balaban J connectivity index is 2.55. The summed E-state index contributed by atoms with van der Waals surface area (Å²) in [4.78, 5) is 33.6. The van der Waals surface area contributed by atoms with E-state index in [0.29, 0.717) is 17.5 Å². The maximum Gasteiger partial charge on any atom is 0.309 e. The number of aliphatic carboxylic acids is 1. The van der Waals surface area contributed by atoms with E-state index in [9.17, 15) is 14.4 Å². The van der Waals surface area contributed by atoms with Crippen LogP contribution in [0, 0.1) is 5.41 Å². The summed E-state index contributed by atoms with van der Waals surface area (Å²) in [5.74, 6) is -1.78. The van der Waals surface area contributed by atoms with Crippen molar-refractivity contribution in [3.05, 3.63) is 35.4 Å². The standard InChI is InChI=1S/C14H18N2O4/c1-14(2,13(19)20)7-8-16-12(18)10-5-3-9(4-6-10)11(15)17/h3-6H,7-8H2,1-2H3,(H2,15,17)(H,16,18)(H,19,20). The second-order valence-corrected chi connectivity index (χ2v) is 5.14. The first-order valence-corrected chi connectivity index (χ1v) is 6.15. The van der Waals surface area contributed by atoms with Gasteiger partial charge in [-0.05, 0) is 44.5 Å². The molecule has 108 valence electrons. The number of primary amides is 1. The maximum absolute atomic E-state index is 11.8. The zero-order chi connectivity index (χ0) is 15.3. The van der Waals surface area contributed by atoms with E-state index in [4.69, 9.17) is 10.8 Å². The topological polar surface area (TPSA) is 109 Å². The predicted molar refractivity (Wildman–Crippen MR) is 73.3 cm³/mol. The summed E-state index contributed by atoms with van der Waals surface area (Å²) in [6.45, 7) is 3.46. The van der Waals surface area contributed by atoms with Crippen LogP contribution in [0.3, 0.4) is 0 Å². The summed E-state index contributed by atoms with van der Waals surface area (Å²) in [5.41, 5.74) is 4.93. The number of carboxylic acid groups (broad SMARTS) is 1. The smallest absolute Gasteiger partial charge is 0.309 e. The molecule has 6 heteroatoms. The number of benzene rings is 1. The van der Waals surface area contributed by atoms with Crippen molar-refractivity contribution in [3.8, 4) is 0 Å². The van der Waals surface area contributed by atoms with Gasteiger partial charge in [-0.1, -0.05) is 0 Å². The highest BCUT2D eigenvalue weighted by Gasteiger charge is 2.26. The Morgan fingerprint density at radius 3 is 2.10 bits per heavy atom. The van der Waals surface area contributed by atoms with Crippen LogP contribution < -0.4 is 11.1 Å². The average Bonchev–Trinajstić information content (AvgIpc) is 2.38. The number of nitrogens with one attached hydrogen (secondary N) is 1. The molecule has 0 atom stereocenters. The Labute approximate surface area is 117 Å². The minimum absolute atomic E-state index is 0.260. The minimum atomic E-state index is -0.905. The lowest BCUT2D eigenvalue weighted by molar-refractivity contribution is -0.147. The van der Waals surface area contributed by atoms with Gasteiger partial charge >= 0.3 is 5.97 Å². The van der Waals surface area contributed by atoms with Gasteiger partial charge in [0.15, 0.2) is 0 Å². The monoisotopic (exact) mass is 278 g/mol. The van der Waals surface area contributed by atoms with Crippen LogP contribution in [0.25, 0.3) is 0 Å². The molecule has 20 heavy (non-hydrogen) atoms. The molecular formula is C14H18N2O4. The average molecular weight is 278 g/mol. The van der Waals surface area contributed by atoms with Crippen molar-refractivity contribution in [2.24, 2.45) is 11.1 Å². The highest BCUT2D eigenvalue weighted by atomic mass is 16.4. The van der Waals surface area contributed by atoms with E-state index >= 15 is 0 Å². The quantitative estimate of drug-likeness (QED) is 0.721. The van der Waals surface area contributed by atoms with E-state index in [1.165, 1.54) is 24.3 Å². The minimum Gasteiger partial charge on any atom is -0.481 e. The van der Waals surface area contributed by atoms with Crippen LogP contribution in [-0.2, 0) is 4.79 Å². The van der Waals surface area contributed by atoms with E-state index in [0.717, 1.165) is 0 Å². The van der Waals surface area contributed by atoms with Crippen molar-refractivity contribution in [1.29, 1.82) is 0 Å². The lowest BCUT2D eigenvalue weighted by Crippen LogP contribution is -2.31. The zero-order valence-corrected chi connectivity index (χ0v) is 11.5. The highest BCUT2D eigenvalue weighted by molar-refractivity contribution is 5.97. The number of carbonyl (C=O) groups is 3. The van der Waals surface area contributed by atoms with Crippen LogP contribution in [0.1, 0.15) is 41.0 Å². The van der Waals surface area contributed by atoms with Crippen LogP contribution in [0.5, 0.6) is 0 Å². The highest BCUT2D eigenvalue weighted by Crippen LogP contribution is 2.19. The van der Waals surface area contributed by atoms with Gasteiger partial charge in [0.1, 0.15) is 0 Å². The molecule has 0 radical (unpaired) electrons. The van der Waals surface area contributed by atoms with Crippen molar-refractivity contribution in [3.63, 3.8) is 0 Å². The molecule has 1 aromatic carbocycles. The fourth-order valence-corrected chi connectivity index (χ4v) is 1.48. The molecule has 0 heterocycles. The number of nitrogens with two attached hydrogens (primary N) is 1. The molecule has 0 aromatic heterocycles. The molecule has 1 aromatic rings. The SMILES string of the molecule is CC(C)(CCNC(=O)c1ccc(C(N)=O)cc1)C(=O)O. The van der Waals surface area contributed by atoms with E-state index in [1.54, 1.807) is 13.8 Å². The van der Waals surface area contributed by atoms with Gasteiger partial charge in [-0.25, -0.2) is 0 Å². The first-order chi connectivity index (χ1) is 9.24. The van der Waals surface area contributed by atoms with Crippen LogP contribution in [0.2, 0.25) is 0 Å². The van der Waals surface area contributed by atoms with E-state index in [-0.39, 0.29) is 12.5 Å². The Hall–Kier alpha value is -2.37. The molecule has 0 unspecified atom stereocenters. The number of hydrogen-bond donors (Lipinski definition) is 3. The van der Waals surface area contributed by atoms with Crippen molar-refractivity contribution >= 4 is 17.8 Å². The number of carboxylic acids is 1. The Kier molecular flexibility index (Phi) is 4.85. The first-order valence-electron chi connectivity index (χ1n) is 6.15. The van der Waals surface area contributed by atoms with E-state index < -0.39 is 17.3 Å². The Morgan fingerprint density at radius 2 is 1.65 bits per heavy atom. The van der Waals surface area contributed by atoms with Crippen LogP contribution in [-0.4, -0.2) is 29.4 Å². The molecule has 6 nitrogen and oxygen atoms in total. The van der Waals surface area contributed by atoms with Crippen molar-refractivity contribution in [1.82, 2.24) is 5.32 Å². The normalized spacial score (nSPS) is 10.9. The van der Waals surface area contributed by atoms with Crippen molar-refractivity contribution in [2.45, 2.75) is 20.3 Å². The third-order valence-electron chi connectivity index (χ3n) is 3.05. The summed E-state index contributed by atoms with van der Waals surface area (Å²) in [6.07, 6.45) is 0.327. The van der Waals surface area contributed by atoms with Gasteiger partial charge in [0.2, 0.25) is 5.91 Å². The molecule has 0 aliphatic heterocycles. The second-order valence-electron chi connectivity index (χ2n) is 5.14. The summed E-state index contributed by atoms with van der Waals surface area (Å²) >= 11 is 0. The van der Waals surface area contributed by atoms with Gasteiger partial charge in [0.05, 0.1) is 5.41 Å². The number of rotatable bonds is 6. The molecule has 4 N–H and O–H groups in total. The molecule has 0 fully saturated rings. The maximum atomic E-state index is 11.8. The van der Waals surface area contributed by atoms with Gasteiger partial charge in [0.25, 0.3) is 5.91 Å². The number of carbonyl (C=O) groups excluding carboxylic acids is 2. The van der Waals surface area contributed by atoms with Crippen LogP contribution >= 0.6 is 0 Å². The number of hydrogen-bond acceptors (Lipinski definition) is 3. The molecule has 2 amide bonds. The molecule has 0 aliphatic carbocycles. The van der Waals surface area contributed by atoms with E-state index in [2.05, 4.69) is 5.32 Å². The summed E-state index contributed by atoms with van der Waals surface area (Å²) < 4.78 is 0. The van der Waals surface area contributed by atoms with Crippen molar-refractivity contribution < 1.29 is 19.5 Å². The molecule has 0 saturated heterocycles. The van der Waals surface area contributed by atoms with E-state index in [1.807, 2.05) is 0 Å². The Bertz CT molecular complexity index is 520. The number of amides is 2. The molecule has 0 spiro atoms. The summed E-state index contributed by atoms with van der Waals surface area (Å²) in [5, 5.41) is 11.6. The summed E-state index contributed by atoms with van der Waals surface area (Å²) in [6, 6.07) is 5.94. The zero-order valence-electron chi connectivity index (χ0n) is 11.5. The van der Waals surface area contributed by atoms with Gasteiger partial charge in [0, 0.05) is 17.7 Å². The van der Waals surface area contributed by atoms with Gasteiger partial charge in [-0.15, -0.1) is 0 Å². The molecule has 0 aliphatic rings. The predicted octanol–water partition coefficient (Wildman–Crippen LogP) is 1.02. The van der Waals surface area contributed by atoms with Crippen LogP contribution in [0.15, 0.2) is 24.3 Å². The van der Waals surface area contributed by atoms with Crippen molar-refractivity contribution in [2.75, 3.05) is 6.54 Å². The summed E-state index contributed by atoms with van der Waals surface area (Å²) in [7, 11) is 0. The molecule has 0 saturated carbocycles. The lowest BCUT2D eigenvalue weighted by atomic mass is 9.90. The fraction of sp³-hybridized carbons (Fsp3) is 0.357. The van der Waals surface area contributed by atoms with Gasteiger partial charge in [-0.3, -0.25) is 14.4 Å². The second kappa shape index (κ2) is 6.18.